The fourth-order valence-corrected chi connectivity index (χ4v) is 2.12. The van der Waals surface area contributed by atoms with Gasteiger partial charge in [-0.25, -0.2) is 4.39 Å². The lowest BCUT2D eigenvalue weighted by Gasteiger charge is -2.12. The third kappa shape index (κ3) is 2.37. The van der Waals surface area contributed by atoms with E-state index in [1.807, 2.05) is 6.92 Å². The van der Waals surface area contributed by atoms with Crippen LogP contribution >= 0.6 is 0 Å². The van der Waals surface area contributed by atoms with Crippen molar-refractivity contribution in [2.75, 3.05) is 0 Å². The van der Waals surface area contributed by atoms with Crippen LogP contribution in [0.2, 0.25) is 0 Å². The van der Waals surface area contributed by atoms with Gasteiger partial charge < -0.3 is 5.11 Å². The van der Waals surface area contributed by atoms with Gasteiger partial charge in [0, 0.05) is 0 Å². The Morgan fingerprint density at radius 2 is 2.20 bits per heavy atom. The van der Waals surface area contributed by atoms with Crippen molar-refractivity contribution in [3.63, 3.8) is 0 Å². The van der Waals surface area contributed by atoms with Gasteiger partial charge in [0.1, 0.15) is 5.82 Å². The predicted octanol–water partition coefficient (Wildman–Crippen LogP) is 2.69. The number of halogens is 1. The molecule has 0 heterocycles. The van der Waals surface area contributed by atoms with E-state index in [-0.39, 0.29) is 11.9 Å². The van der Waals surface area contributed by atoms with E-state index in [1.54, 1.807) is 6.07 Å². The summed E-state index contributed by atoms with van der Waals surface area (Å²) in [5, 5.41) is 9.91. The van der Waals surface area contributed by atoms with Gasteiger partial charge in [0.15, 0.2) is 0 Å². The van der Waals surface area contributed by atoms with Gasteiger partial charge in [0.25, 0.3) is 0 Å². The molecule has 1 aromatic carbocycles. The highest BCUT2D eigenvalue weighted by molar-refractivity contribution is 5.27. The van der Waals surface area contributed by atoms with Crippen LogP contribution in [-0.4, -0.2) is 11.2 Å². The van der Waals surface area contributed by atoms with Gasteiger partial charge in [0.2, 0.25) is 0 Å². The second kappa shape index (κ2) is 3.93. The van der Waals surface area contributed by atoms with Gasteiger partial charge in [-0.2, -0.15) is 0 Å². The summed E-state index contributed by atoms with van der Waals surface area (Å²) in [5.74, 6) is 0.841. The standard InChI is InChI=1S/C13H17FO/c1-8-3-4-11(14)6-10(8)7-13(15)12-5-9(12)2/h3-4,6,9,12-13,15H,5,7H2,1-2H3. The lowest BCUT2D eigenvalue weighted by atomic mass is 9.99. The molecule has 1 N–H and O–H groups in total. The first-order valence-electron chi connectivity index (χ1n) is 5.51. The van der Waals surface area contributed by atoms with Crippen LogP contribution in [0.4, 0.5) is 4.39 Å². The summed E-state index contributed by atoms with van der Waals surface area (Å²) in [6, 6.07) is 4.77. The van der Waals surface area contributed by atoms with Crippen LogP contribution in [-0.2, 0) is 6.42 Å². The van der Waals surface area contributed by atoms with Crippen LogP contribution in [0.5, 0.6) is 0 Å². The minimum absolute atomic E-state index is 0.216. The van der Waals surface area contributed by atoms with Crippen LogP contribution in [0, 0.1) is 24.6 Å². The van der Waals surface area contributed by atoms with Gasteiger partial charge in [-0.15, -0.1) is 0 Å². The molecule has 15 heavy (non-hydrogen) atoms. The average molecular weight is 208 g/mol. The number of aryl methyl sites for hydroxylation is 1. The number of hydrogen-bond donors (Lipinski definition) is 1. The van der Waals surface area contributed by atoms with Crippen LogP contribution < -0.4 is 0 Å². The van der Waals surface area contributed by atoms with Crippen molar-refractivity contribution in [3.05, 3.63) is 35.1 Å². The number of aliphatic hydroxyl groups excluding tert-OH is 1. The van der Waals surface area contributed by atoms with Gasteiger partial charge in [-0.1, -0.05) is 13.0 Å². The molecule has 3 unspecified atom stereocenters. The van der Waals surface area contributed by atoms with Gasteiger partial charge in [-0.3, -0.25) is 0 Å². The second-order valence-corrected chi connectivity index (χ2v) is 4.72. The maximum absolute atomic E-state index is 13.0. The summed E-state index contributed by atoms with van der Waals surface area (Å²) < 4.78 is 13.0. The minimum Gasteiger partial charge on any atom is -0.392 e. The van der Waals surface area contributed by atoms with E-state index in [9.17, 15) is 9.50 Å². The highest BCUT2D eigenvalue weighted by atomic mass is 19.1. The molecule has 1 nitrogen and oxygen atoms in total. The molecule has 1 aliphatic carbocycles. The molecule has 1 fully saturated rings. The topological polar surface area (TPSA) is 20.2 Å². The smallest absolute Gasteiger partial charge is 0.123 e. The molecule has 0 spiro atoms. The largest absolute Gasteiger partial charge is 0.392 e. The van der Waals surface area contributed by atoms with Gasteiger partial charge in [0.05, 0.1) is 6.10 Å². The zero-order valence-electron chi connectivity index (χ0n) is 9.20. The molecule has 2 heteroatoms. The fourth-order valence-electron chi connectivity index (χ4n) is 2.12. The Bertz CT molecular complexity index is 362. The summed E-state index contributed by atoms with van der Waals surface area (Å²) in [4.78, 5) is 0. The lowest BCUT2D eigenvalue weighted by molar-refractivity contribution is 0.146. The first kappa shape index (κ1) is 10.6. The van der Waals surface area contributed by atoms with Crippen LogP contribution in [0.1, 0.15) is 24.5 Å². The van der Waals surface area contributed by atoms with Crippen LogP contribution in [0.3, 0.4) is 0 Å². The van der Waals surface area contributed by atoms with E-state index in [0.29, 0.717) is 18.3 Å². The third-order valence-corrected chi connectivity index (χ3v) is 3.41. The van der Waals surface area contributed by atoms with E-state index in [4.69, 9.17) is 0 Å². The zero-order valence-corrected chi connectivity index (χ0v) is 9.20. The Balaban J connectivity index is 2.06. The monoisotopic (exact) mass is 208 g/mol. The van der Waals surface area contributed by atoms with Gasteiger partial charge >= 0.3 is 0 Å². The molecule has 0 aromatic heterocycles. The Morgan fingerprint density at radius 1 is 1.53 bits per heavy atom. The van der Waals surface area contributed by atoms with E-state index < -0.39 is 0 Å². The highest BCUT2D eigenvalue weighted by Crippen LogP contribution is 2.41. The summed E-state index contributed by atoms with van der Waals surface area (Å²) in [6.45, 7) is 4.10. The number of rotatable bonds is 3. The lowest BCUT2D eigenvalue weighted by Crippen LogP contribution is -2.14. The van der Waals surface area contributed by atoms with E-state index in [2.05, 4.69) is 6.92 Å². The number of aliphatic hydroxyl groups is 1. The maximum atomic E-state index is 13.0. The second-order valence-electron chi connectivity index (χ2n) is 4.72. The molecule has 0 saturated heterocycles. The van der Waals surface area contributed by atoms with Crippen molar-refractivity contribution < 1.29 is 9.50 Å². The Labute approximate surface area is 89.9 Å². The Kier molecular flexibility index (Phi) is 2.79. The molecule has 3 atom stereocenters. The first-order chi connectivity index (χ1) is 7.08. The molecule has 0 amide bonds. The Hall–Kier alpha value is -0.890. The summed E-state index contributed by atoms with van der Waals surface area (Å²) in [7, 11) is 0. The van der Waals surface area contributed by atoms with Crippen molar-refractivity contribution in [1.29, 1.82) is 0 Å². The van der Waals surface area contributed by atoms with Crippen molar-refractivity contribution in [3.8, 4) is 0 Å². The van der Waals surface area contributed by atoms with Gasteiger partial charge in [-0.05, 0) is 54.9 Å². The molecular weight excluding hydrogens is 191 g/mol. The average Bonchev–Trinajstić information content (AvgIpc) is 2.89. The molecule has 2 rings (SSSR count). The van der Waals surface area contributed by atoms with Crippen molar-refractivity contribution in [2.24, 2.45) is 11.8 Å². The normalized spacial score (nSPS) is 26.4. The molecule has 0 bridgehead atoms. The maximum Gasteiger partial charge on any atom is 0.123 e. The number of benzene rings is 1. The number of hydrogen-bond acceptors (Lipinski definition) is 1. The van der Waals surface area contributed by atoms with Crippen LogP contribution in [0.25, 0.3) is 0 Å². The van der Waals surface area contributed by atoms with Crippen molar-refractivity contribution >= 4 is 0 Å². The van der Waals surface area contributed by atoms with Crippen molar-refractivity contribution in [1.82, 2.24) is 0 Å². The quantitative estimate of drug-likeness (QED) is 0.809. The molecule has 1 aliphatic rings. The van der Waals surface area contributed by atoms with Crippen LogP contribution in [0.15, 0.2) is 18.2 Å². The first-order valence-corrected chi connectivity index (χ1v) is 5.51. The summed E-state index contributed by atoms with van der Waals surface area (Å²) in [5.41, 5.74) is 1.99. The molecule has 0 aliphatic heterocycles. The SMILES string of the molecule is Cc1ccc(F)cc1CC(O)C1CC1C. The zero-order chi connectivity index (χ0) is 11.0. The highest BCUT2D eigenvalue weighted by Gasteiger charge is 2.38. The van der Waals surface area contributed by atoms with E-state index in [1.165, 1.54) is 12.1 Å². The minimum atomic E-state index is -0.305. The summed E-state index contributed by atoms with van der Waals surface area (Å²) >= 11 is 0. The molecule has 1 saturated carbocycles. The fraction of sp³-hybridized carbons (Fsp3) is 0.538. The predicted molar refractivity (Wildman–Crippen MR) is 58.1 cm³/mol. The Morgan fingerprint density at radius 3 is 2.80 bits per heavy atom. The summed E-state index contributed by atoms with van der Waals surface area (Å²) in [6.07, 6.45) is 1.38. The molecule has 0 radical (unpaired) electrons. The van der Waals surface area contributed by atoms with E-state index >= 15 is 0 Å². The van der Waals surface area contributed by atoms with E-state index in [0.717, 1.165) is 17.5 Å². The molecule has 1 aromatic rings. The molecular formula is C13H17FO. The third-order valence-electron chi connectivity index (χ3n) is 3.41. The van der Waals surface area contributed by atoms with Crippen molar-refractivity contribution in [2.45, 2.75) is 32.8 Å². The molecule has 82 valence electrons.